The maximum Gasteiger partial charge on any atom is 0.263 e. The highest BCUT2D eigenvalue weighted by molar-refractivity contribution is 7.21. The number of carbonyl (C=O) groups excluding carboxylic acids is 1. The number of thiophene rings is 1. The molecule has 5 rings (SSSR count). The molecule has 0 spiro atoms. The fourth-order valence-electron chi connectivity index (χ4n) is 4.19. The minimum Gasteiger partial charge on any atom is -0.475 e. The summed E-state index contributed by atoms with van der Waals surface area (Å²) in [6, 6.07) is 7.55. The van der Waals surface area contributed by atoms with E-state index in [1.165, 1.54) is 11.3 Å². The zero-order valence-electron chi connectivity index (χ0n) is 17.2. The number of nitrogens with one attached hydrogen (secondary N) is 1. The van der Waals surface area contributed by atoms with Crippen molar-refractivity contribution in [2.75, 3.05) is 37.0 Å². The number of nitrogens with two attached hydrogens (primary N) is 1. The third-order valence-corrected chi connectivity index (χ3v) is 7.03. The number of anilines is 2. The molecule has 0 bridgehead atoms. The maximum atomic E-state index is 12.9. The molecule has 3 aromatic heterocycles. The number of nitrogen functional groups attached to an aromatic ring is 1. The molecule has 9 heteroatoms. The maximum absolute atomic E-state index is 12.9. The van der Waals surface area contributed by atoms with Crippen molar-refractivity contribution in [2.45, 2.75) is 25.8 Å². The van der Waals surface area contributed by atoms with Crippen molar-refractivity contribution >= 4 is 39.0 Å². The Morgan fingerprint density at radius 1 is 1.35 bits per heavy atom. The van der Waals surface area contributed by atoms with Crippen LogP contribution in [0.25, 0.3) is 10.2 Å². The van der Waals surface area contributed by atoms with Gasteiger partial charge in [0, 0.05) is 42.1 Å². The van der Waals surface area contributed by atoms with Crippen LogP contribution < -0.4 is 20.7 Å². The van der Waals surface area contributed by atoms with Gasteiger partial charge in [-0.1, -0.05) is 0 Å². The zero-order valence-corrected chi connectivity index (χ0v) is 18.0. The highest BCUT2D eigenvalue weighted by atomic mass is 32.1. The van der Waals surface area contributed by atoms with Gasteiger partial charge in [0.2, 0.25) is 5.88 Å². The summed E-state index contributed by atoms with van der Waals surface area (Å²) in [5.41, 5.74) is 8.51. The standard InChI is InChI=1S/C22H24FN5O2S/c1-12-2-4-16-18(24)19(31-22(16)25-12)20(29)26-15-8-14-3-5-17(27-21(14)30-11-15)28-7-6-13(9-23)10-28/h2-5,13,15H,6-11,24H2,1H3,(H,26,29)/t13-,15+/m0/s1. The number of fused-ring (bicyclic) bond motifs is 2. The lowest BCUT2D eigenvalue weighted by molar-refractivity contribution is 0.0918. The molecule has 2 atom stereocenters. The van der Waals surface area contributed by atoms with E-state index in [4.69, 9.17) is 10.5 Å². The summed E-state index contributed by atoms with van der Waals surface area (Å²) in [7, 11) is 0. The number of rotatable bonds is 4. The molecule has 1 amide bonds. The number of aryl methyl sites for hydroxylation is 1. The molecule has 0 aromatic carbocycles. The van der Waals surface area contributed by atoms with Gasteiger partial charge in [0.15, 0.2) is 0 Å². The Morgan fingerprint density at radius 2 is 2.23 bits per heavy atom. The van der Waals surface area contributed by atoms with Crippen LogP contribution in [0.1, 0.15) is 27.3 Å². The first-order valence-electron chi connectivity index (χ1n) is 10.4. The van der Waals surface area contributed by atoms with Gasteiger partial charge < -0.3 is 20.7 Å². The summed E-state index contributed by atoms with van der Waals surface area (Å²) >= 11 is 1.30. The Hall–Kier alpha value is -2.94. The molecular formula is C22H24FN5O2S. The van der Waals surface area contributed by atoms with Crippen molar-refractivity contribution in [3.8, 4) is 5.88 Å². The number of hydrogen-bond acceptors (Lipinski definition) is 7. The zero-order chi connectivity index (χ0) is 21.5. The predicted molar refractivity (Wildman–Crippen MR) is 120 cm³/mol. The normalized spacial score (nSPS) is 20.5. The van der Waals surface area contributed by atoms with Crippen molar-refractivity contribution in [2.24, 2.45) is 5.92 Å². The molecule has 3 N–H and O–H groups in total. The monoisotopic (exact) mass is 441 g/mol. The van der Waals surface area contributed by atoms with E-state index in [-0.39, 0.29) is 24.5 Å². The molecule has 0 saturated carbocycles. The first kappa shape index (κ1) is 20.0. The highest BCUT2D eigenvalue weighted by Gasteiger charge is 2.28. The molecule has 5 heterocycles. The molecule has 31 heavy (non-hydrogen) atoms. The Morgan fingerprint density at radius 3 is 3.03 bits per heavy atom. The smallest absolute Gasteiger partial charge is 0.263 e. The molecule has 0 radical (unpaired) electrons. The Kier molecular flexibility index (Phi) is 5.13. The van der Waals surface area contributed by atoms with Crippen molar-refractivity contribution in [3.05, 3.63) is 40.4 Å². The number of hydrogen-bond donors (Lipinski definition) is 2. The summed E-state index contributed by atoms with van der Waals surface area (Å²) in [6.45, 7) is 3.45. The summed E-state index contributed by atoms with van der Waals surface area (Å²) in [4.78, 5) is 25.3. The van der Waals surface area contributed by atoms with Crippen LogP contribution in [0.3, 0.4) is 0 Å². The second-order valence-electron chi connectivity index (χ2n) is 8.22. The summed E-state index contributed by atoms with van der Waals surface area (Å²) in [5.74, 6) is 1.28. The van der Waals surface area contributed by atoms with Crippen LogP contribution in [0.4, 0.5) is 15.9 Å². The second kappa shape index (κ2) is 7.96. The number of ether oxygens (including phenoxy) is 1. The first-order valence-corrected chi connectivity index (χ1v) is 11.2. The molecule has 0 unspecified atom stereocenters. The lowest BCUT2D eigenvalue weighted by Crippen LogP contribution is -2.43. The lowest BCUT2D eigenvalue weighted by Gasteiger charge is -2.26. The van der Waals surface area contributed by atoms with Gasteiger partial charge in [-0.05, 0) is 37.6 Å². The number of halogens is 1. The second-order valence-corrected chi connectivity index (χ2v) is 9.22. The summed E-state index contributed by atoms with van der Waals surface area (Å²) in [6.07, 6.45) is 1.48. The van der Waals surface area contributed by atoms with E-state index in [1.54, 1.807) is 0 Å². The van der Waals surface area contributed by atoms with Crippen LogP contribution in [-0.2, 0) is 6.42 Å². The van der Waals surface area contributed by atoms with Crippen molar-refractivity contribution in [1.29, 1.82) is 0 Å². The van der Waals surface area contributed by atoms with Gasteiger partial charge in [-0.2, -0.15) is 4.98 Å². The average molecular weight is 442 g/mol. The van der Waals surface area contributed by atoms with E-state index >= 15 is 0 Å². The van der Waals surface area contributed by atoms with E-state index in [0.29, 0.717) is 36.0 Å². The van der Waals surface area contributed by atoms with Crippen LogP contribution >= 0.6 is 11.3 Å². The topological polar surface area (TPSA) is 93.4 Å². The molecule has 2 aliphatic rings. The third-order valence-electron chi connectivity index (χ3n) is 5.91. The Balaban J connectivity index is 1.28. The van der Waals surface area contributed by atoms with Gasteiger partial charge in [-0.25, -0.2) is 4.98 Å². The molecule has 3 aromatic rings. The number of carbonyl (C=O) groups is 1. The average Bonchev–Trinajstić information content (AvgIpc) is 3.38. The van der Waals surface area contributed by atoms with E-state index in [9.17, 15) is 9.18 Å². The van der Waals surface area contributed by atoms with Crippen LogP contribution in [-0.4, -0.2) is 48.3 Å². The largest absolute Gasteiger partial charge is 0.475 e. The number of nitrogens with zero attached hydrogens (tertiary/aromatic N) is 3. The number of amides is 1. The molecule has 7 nitrogen and oxygen atoms in total. The fourth-order valence-corrected chi connectivity index (χ4v) is 5.23. The summed E-state index contributed by atoms with van der Waals surface area (Å²) < 4.78 is 18.8. The summed E-state index contributed by atoms with van der Waals surface area (Å²) in [5, 5.41) is 3.84. The van der Waals surface area contributed by atoms with Crippen molar-refractivity contribution in [1.82, 2.24) is 15.3 Å². The van der Waals surface area contributed by atoms with E-state index in [2.05, 4.69) is 20.2 Å². The molecule has 2 aliphatic heterocycles. The SMILES string of the molecule is Cc1ccc2c(N)c(C(=O)N[C@H]3COc4nc(N5CC[C@@H](CF)C5)ccc4C3)sc2n1. The van der Waals surface area contributed by atoms with Gasteiger partial charge in [0.25, 0.3) is 5.91 Å². The fraction of sp³-hybridized carbons (Fsp3) is 0.409. The molecule has 162 valence electrons. The highest BCUT2D eigenvalue weighted by Crippen LogP contribution is 2.33. The quantitative estimate of drug-likeness (QED) is 0.646. The van der Waals surface area contributed by atoms with Crippen LogP contribution in [0, 0.1) is 12.8 Å². The molecular weight excluding hydrogens is 417 g/mol. The van der Waals surface area contributed by atoms with Gasteiger partial charge in [0.05, 0.1) is 18.4 Å². The van der Waals surface area contributed by atoms with E-state index < -0.39 is 0 Å². The van der Waals surface area contributed by atoms with Gasteiger partial charge >= 0.3 is 0 Å². The van der Waals surface area contributed by atoms with Crippen LogP contribution in [0.15, 0.2) is 24.3 Å². The third kappa shape index (κ3) is 3.78. The van der Waals surface area contributed by atoms with E-state index in [1.807, 2.05) is 31.2 Å². The minimum atomic E-state index is -0.292. The number of pyridine rings is 2. The first-order chi connectivity index (χ1) is 15.0. The Bertz CT molecular complexity index is 1150. The number of aromatic nitrogens is 2. The van der Waals surface area contributed by atoms with Crippen molar-refractivity contribution in [3.63, 3.8) is 0 Å². The van der Waals surface area contributed by atoms with Gasteiger partial charge in [-0.15, -0.1) is 11.3 Å². The van der Waals surface area contributed by atoms with Crippen LogP contribution in [0.5, 0.6) is 5.88 Å². The predicted octanol–water partition coefficient (Wildman–Crippen LogP) is 3.11. The lowest BCUT2D eigenvalue weighted by atomic mass is 10.1. The van der Waals surface area contributed by atoms with Gasteiger partial charge in [0.1, 0.15) is 22.1 Å². The minimum absolute atomic E-state index is 0.0822. The Labute approximate surface area is 183 Å². The van der Waals surface area contributed by atoms with Gasteiger partial charge in [-0.3, -0.25) is 9.18 Å². The van der Waals surface area contributed by atoms with Crippen LogP contribution in [0.2, 0.25) is 0 Å². The van der Waals surface area contributed by atoms with E-state index in [0.717, 1.165) is 40.3 Å². The molecule has 1 saturated heterocycles. The molecule has 0 aliphatic carbocycles. The molecule has 1 fully saturated rings. The van der Waals surface area contributed by atoms with Crippen molar-refractivity contribution < 1.29 is 13.9 Å². The number of alkyl halides is 1.